The van der Waals surface area contributed by atoms with Gasteiger partial charge in [0, 0.05) is 12.7 Å². The summed E-state index contributed by atoms with van der Waals surface area (Å²) in [7, 11) is 0. The Hall–Kier alpha value is -1.86. The highest BCUT2D eigenvalue weighted by atomic mass is 35.5. The zero-order valence-electron chi connectivity index (χ0n) is 10.6. The Morgan fingerprint density at radius 2 is 2.40 bits per heavy atom. The summed E-state index contributed by atoms with van der Waals surface area (Å²) in [6.45, 7) is 0.782. The molecule has 1 aliphatic heterocycles. The molecule has 3 rings (SSSR count). The van der Waals surface area contributed by atoms with Gasteiger partial charge in [-0.05, 0) is 18.9 Å². The summed E-state index contributed by atoms with van der Waals surface area (Å²) in [5.41, 5.74) is -0.281. The molecular weight excluding hydrogens is 282 g/mol. The average Bonchev–Trinajstić information content (AvgIpc) is 3.09. The van der Waals surface area contributed by atoms with Gasteiger partial charge in [-0.3, -0.25) is 4.79 Å². The number of halogens is 1. The van der Waals surface area contributed by atoms with Gasteiger partial charge in [0.15, 0.2) is 0 Å². The SMILES string of the molecule is O=C(c1cc(Cl)c[nH]1)N1CCCC(O)(c2cn[nH]n2)C1. The van der Waals surface area contributed by atoms with Crippen molar-refractivity contribution in [3.05, 3.63) is 34.9 Å². The number of likely N-dealkylation sites (tertiary alicyclic amines) is 1. The molecule has 3 heterocycles. The van der Waals surface area contributed by atoms with Crippen LogP contribution in [0.15, 0.2) is 18.5 Å². The fourth-order valence-corrected chi connectivity index (χ4v) is 2.67. The van der Waals surface area contributed by atoms with Gasteiger partial charge in [0.1, 0.15) is 17.0 Å². The molecule has 1 atom stereocenters. The van der Waals surface area contributed by atoms with E-state index in [2.05, 4.69) is 20.4 Å². The average molecular weight is 296 g/mol. The zero-order valence-corrected chi connectivity index (χ0v) is 11.4. The second-order valence-electron chi connectivity index (χ2n) is 4.95. The van der Waals surface area contributed by atoms with E-state index < -0.39 is 5.60 Å². The molecule has 8 heteroatoms. The minimum absolute atomic E-state index is 0.182. The molecule has 2 aromatic heterocycles. The lowest BCUT2D eigenvalue weighted by Crippen LogP contribution is -2.48. The summed E-state index contributed by atoms with van der Waals surface area (Å²) in [6.07, 6.45) is 4.29. The van der Waals surface area contributed by atoms with E-state index in [-0.39, 0.29) is 12.5 Å². The molecule has 0 aliphatic carbocycles. The third kappa shape index (κ3) is 2.30. The van der Waals surface area contributed by atoms with Gasteiger partial charge < -0.3 is 15.0 Å². The van der Waals surface area contributed by atoms with Crippen LogP contribution in [0.25, 0.3) is 0 Å². The van der Waals surface area contributed by atoms with Crippen LogP contribution in [0, 0.1) is 0 Å². The monoisotopic (exact) mass is 295 g/mol. The maximum Gasteiger partial charge on any atom is 0.270 e. The Labute approximate surface area is 119 Å². The number of aromatic amines is 2. The number of amides is 1. The van der Waals surface area contributed by atoms with Crippen LogP contribution in [-0.4, -0.2) is 49.4 Å². The molecule has 106 valence electrons. The van der Waals surface area contributed by atoms with Crippen LogP contribution in [0.4, 0.5) is 0 Å². The van der Waals surface area contributed by atoms with Crippen molar-refractivity contribution in [3.63, 3.8) is 0 Å². The largest absolute Gasteiger partial charge is 0.382 e. The minimum Gasteiger partial charge on any atom is -0.382 e. The smallest absolute Gasteiger partial charge is 0.270 e. The Bertz CT molecular complexity index is 611. The van der Waals surface area contributed by atoms with Crippen molar-refractivity contribution in [3.8, 4) is 0 Å². The molecule has 1 saturated heterocycles. The third-order valence-corrected chi connectivity index (χ3v) is 3.75. The molecule has 0 radical (unpaired) electrons. The second kappa shape index (κ2) is 4.92. The van der Waals surface area contributed by atoms with Gasteiger partial charge in [-0.25, -0.2) is 0 Å². The quantitative estimate of drug-likeness (QED) is 0.767. The van der Waals surface area contributed by atoms with E-state index in [4.69, 9.17) is 11.6 Å². The molecule has 20 heavy (non-hydrogen) atoms. The number of piperidine rings is 1. The molecule has 7 nitrogen and oxygen atoms in total. The van der Waals surface area contributed by atoms with E-state index in [1.807, 2.05) is 0 Å². The van der Waals surface area contributed by atoms with Crippen LogP contribution in [0.3, 0.4) is 0 Å². The Morgan fingerprint density at radius 3 is 3.05 bits per heavy atom. The fourth-order valence-electron chi connectivity index (χ4n) is 2.51. The van der Waals surface area contributed by atoms with Crippen LogP contribution in [-0.2, 0) is 5.60 Å². The van der Waals surface area contributed by atoms with E-state index in [0.29, 0.717) is 35.8 Å². The van der Waals surface area contributed by atoms with E-state index in [9.17, 15) is 9.90 Å². The lowest BCUT2D eigenvalue weighted by atomic mass is 9.90. The van der Waals surface area contributed by atoms with E-state index >= 15 is 0 Å². The highest BCUT2D eigenvalue weighted by Gasteiger charge is 2.39. The summed E-state index contributed by atoms with van der Waals surface area (Å²) < 4.78 is 0. The first-order valence-electron chi connectivity index (χ1n) is 6.30. The molecule has 1 unspecified atom stereocenters. The van der Waals surface area contributed by atoms with Crippen molar-refractivity contribution in [2.75, 3.05) is 13.1 Å². The van der Waals surface area contributed by atoms with E-state index in [1.165, 1.54) is 6.20 Å². The summed E-state index contributed by atoms with van der Waals surface area (Å²) in [5, 5.41) is 21.3. The van der Waals surface area contributed by atoms with Crippen molar-refractivity contribution in [2.24, 2.45) is 0 Å². The van der Waals surface area contributed by atoms with Crippen LogP contribution in [0.2, 0.25) is 5.02 Å². The fraction of sp³-hybridized carbons (Fsp3) is 0.417. The van der Waals surface area contributed by atoms with Gasteiger partial charge in [-0.15, -0.1) is 0 Å². The molecular formula is C12H14ClN5O2. The standard InChI is InChI=1S/C12H14ClN5O2/c13-8-4-9(14-5-8)11(19)18-3-1-2-12(20,7-18)10-6-15-17-16-10/h4-6,14,20H,1-3,7H2,(H,15,16,17). The maximum atomic E-state index is 12.4. The van der Waals surface area contributed by atoms with Crippen molar-refractivity contribution in [1.82, 2.24) is 25.3 Å². The van der Waals surface area contributed by atoms with Gasteiger partial charge >= 0.3 is 0 Å². The molecule has 1 aliphatic rings. The van der Waals surface area contributed by atoms with Gasteiger partial charge in [-0.2, -0.15) is 15.4 Å². The van der Waals surface area contributed by atoms with Gasteiger partial charge in [-0.1, -0.05) is 11.6 Å². The predicted molar refractivity (Wildman–Crippen MR) is 71.2 cm³/mol. The number of hydrogen-bond acceptors (Lipinski definition) is 4. The first kappa shape index (κ1) is 13.1. The topological polar surface area (TPSA) is 97.9 Å². The molecule has 0 aromatic carbocycles. The summed E-state index contributed by atoms with van der Waals surface area (Å²) in [4.78, 5) is 16.8. The minimum atomic E-state index is -1.16. The maximum absolute atomic E-state index is 12.4. The Kier molecular flexibility index (Phi) is 3.23. The van der Waals surface area contributed by atoms with Crippen LogP contribution in [0.1, 0.15) is 29.0 Å². The van der Waals surface area contributed by atoms with Gasteiger partial charge in [0.25, 0.3) is 5.91 Å². The lowest BCUT2D eigenvalue weighted by molar-refractivity contribution is -0.0321. The normalized spacial score (nSPS) is 23.0. The highest BCUT2D eigenvalue weighted by Crippen LogP contribution is 2.30. The number of carbonyl (C=O) groups excluding carboxylic acids is 1. The van der Waals surface area contributed by atoms with Crippen LogP contribution in [0.5, 0.6) is 0 Å². The number of aromatic nitrogens is 4. The first-order valence-corrected chi connectivity index (χ1v) is 6.68. The number of nitrogens with one attached hydrogen (secondary N) is 2. The van der Waals surface area contributed by atoms with Gasteiger partial charge in [0.05, 0.1) is 17.8 Å². The van der Waals surface area contributed by atoms with Crippen LogP contribution >= 0.6 is 11.6 Å². The second-order valence-corrected chi connectivity index (χ2v) is 5.39. The predicted octanol–water partition coefficient (Wildman–Crippen LogP) is 0.910. The van der Waals surface area contributed by atoms with Gasteiger partial charge in [0.2, 0.25) is 0 Å². The summed E-state index contributed by atoms with van der Waals surface area (Å²) in [5.74, 6) is -0.182. The molecule has 3 N–H and O–H groups in total. The molecule has 0 bridgehead atoms. The summed E-state index contributed by atoms with van der Waals surface area (Å²) >= 11 is 5.81. The number of nitrogens with zero attached hydrogens (tertiary/aromatic N) is 3. The van der Waals surface area contributed by atoms with Crippen molar-refractivity contribution < 1.29 is 9.90 Å². The van der Waals surface area contributed by atoms with Crippen molar-refractivity contribution >= 4 is 17.5 Å². The van der Waals surface area contributed by atoms with Crippen molar-refractivity contribution in [1.29, 1.82) is 0 Å². The van der Waals surface area contributed by atoms with Crippen LogP contribution < -0.4 is 0 Å². The van der Waals surface area contributed by atoms with E-state index in [0.717, 1.165) is 0 Å². The molecule has 2 aromatic rings. The van der Waals surface area contributed by atoms with Crippen molar-refractivity contribution in [2.45, 2.75) is 18.4 Å². The third-order valence-electron chi connectivity index (χ3n) is 3.53. The molecule has 0 saturated carbocycles. The number of β-amino-alcohol motifs (C(OH)–C–C–N with tert-alkyl or cyclic N) is 1. The number of H-pyrrole nitrogens is 2. The Morgan fingerprint density at radius 1 is 1.55 bits per heavy atom. The molecule has 1 fully saturated rings. The first-order chi connectivity index (χ1) is 9.58. The Balaban J connectivity index is 1.80. The highest BCUT2D eigenvalue weighted by molar-refractivity contribution is 6.30. The molecule has 1 amide bonds. The lowest BCUT2D eigenvalue weighted by Gasteiger charge is -2.37. The summed E-state index contributed by atoms with van der Waals surface area (Å²) in [6, 6.07) is 1.58. The number of hydrogen-bond donors (Lipinski definition) is 3. The number of rotatable bonds is 2. The zero-order chi connectivity index (χ0) is 14.2. The molecule has 0 spiro atoms. The number of carbonyl (C=O) groups is 1. The number of aliphatic hydroxyl groups is 1. The van der Waals surface area contributed by atoms with E-state index in [1.54, 1.807) is 17.2 Å².